The summed E-state index contributed by atoms with van der Waals surface area (Å²) < 4.78 is 41.6. The van der Waals surface area contributed by atoms with Gasteiger partial charge >= 0.3 is 6.18 Å². The van der Waals surface area contributed by atoms with Crippen molar-refractivity contribution in [1.82, 2.24) is 34.4 Å². The van der Waals surface area contributed by atoms with Crippen molar-refractivity contribution in [1.29, 1.82) is 0 Å². The Bertz CT molecular complexity index is 1190. The van der Waals surface area contributed by atoms with Gasteiger partial charge in [0.05, 0.1) is 23.8 Å². The summed E-state index contributed by atoms with van der Waals surface area (Å²) in [6.07, 6.45) is -3.78. The number of anilines is 2. The SMILES string of the molecule is CN1CCN(c2nc(NCc3nc4ccccc4[nH]3)n3ncc(C(F)(F)F)c3n2)CC1. The van der Waals surface area contributed by atoms with Crippen molar-refractivity contribution < 1.29 is 13.2 Å². The fourth-order valence-electron chi connectivity index (χ4n) is 3.58. The van der Waals surface area contributed by atoms with E-state index in [9.17, 15) is 13.2 Å². The Hall–Kier alpha value is -3.41. The van der Waals surface area contributed by atoms with Crippen molar-refractivity contribution in [3.63, 3.8) is 0 Å². The van der Waals surface area contributed by atoms with Crippen LogP contribution in [0.5, 0.6) is 0 Å². The molecule has 0 aliphatic carbocycles. The molecule has 4 heterocycles. The number of imidazole rings is 1. The normalized spacial score (nSPS) is 15.8. The highest BCUT2D eigenvalue weighted by Gasteiger charge is 2.36. The molecule has 12 heteroatoms. The van der Waals surface area contributed by atoms with Gasteiger partial charge in [-0.25, -0.2) is 4.98 Å². The third-order valence-electron chi connectivity index (χ3n) is 5.30. The molecule has 31 heavy (non-hydrogen) atoms. The molecule has 1 aliphatic heterocycles. The highest BCUT2D eigenvalue weighted by Crippen LogP contribution is 2.33. The van der Waals surface area contributed by atoms with Crippen LogP contribution in [0.4, 0.5) is 25.1 Å². The maximum atomic E-state index is 13.5. The summed E-state index contributed by atoms with van der Waals surface area (Å²) in [5.74, 6) is 1.06. The molecule has 0 atom stereocenters. The minimum absolute atomic E-state index is 0.176. The lowest BCUT2D eigenvalue weighted by atomic mass is 10.3. The predicted molar refractivity (Wildman–Crippen MR) is 109 cm³/mol. The summed E-state index contributed by atoms with van der Waals surface area (Å²) in [4.78, 5) is 20.4. The van der Waals surface area contributed by atoms with Crippen LogP contribution in [0.2, 0.25) is 0 Å². The lowest BCUT2D eigenvalue weighted by Crippen LogP contribution is -2.45. The zero-order chi connectivity index (χ0) is 21.6. The van der Waals surface area contributed by atoms with Gasteiger partial charge in [-0.05, 0) is 19.2 Å². The number of aromatic amines is 1. The maximum absolute atomic E-state index is 13.5. The second kappa shape index (κ2) is 7.38. The molecule has 0 unspecified atom stereocenters. The molecule has 162 valence electrons. The first kappa shape index (κ1) is 19.5. The molecule has 2 N–H and O–H groups in total. The monoisotopic (exact) mass is 431 g/mol. The Morgan fingerprint density at radius 1 is 1.06 bits per heavy atom. The Balaban J connectivity index is 1.51. The lowest BCUT2D eigenvalue weighted by molar-refractivity contribution is -0.136. The molecule has 0 radical (unpaired) electrons. The van der Waals surface area contributed by atoms with E-state index in [1.54, 1.807) is 0 Å². The van der Waals surface area contributed by atoms with E-state index in [1.165, 1.54) is 0 Å². The molecule has 5 rings (SSSR count). The maximum Gasteiger partial charge on any atom is 0.421 e. The van der Waals surface area contributed by atoms with E-state index in [4.69, 9.17) is 0 Å². The molecule has 0 spiro atoms. The number of aromatic nitrogens is 6. The van der Waals surface area contributed by atoms with Crippen molar-refractivity contribution in [2.24, 2.45) is 0 Å². The molecule has 1 saturated heterocycles. The Labute approximate surface area is 174 Å². The predicted octanol–water partition coefficient (Wildman–Crippen LogP) is 2.38. The van der Waals surface area contributed by atoms with Crippen molar-refractivity contribution in [2.75, 3.05) is 43.4 Å². The summed E-state index contributed by atoms with van der Waals surface area (Å²) in [6.45, 7) is 3.06. The number of hydrogen-bond donors (Lipinski definition) is 2. The number of nitrogens with one attached hydrogen (secondary N) is 2. The number of rotatable bonds is 4. The van der Waals surface area contributed by atoms with Crippen LogP contribution < -0.4 is 10.2 Å². The van der Waals surface area contributed by atoms with E-state index in [0.717, 1.165) is 34.8 Å². The summed E-state index contributed by atoms with van der Waals surface area (Å²) in [7, 11) is 2.00. The second-order valence-corrected chi connectivity index (χ2v) is 7.48. The van der Waals surface area contributed by atoms with Gasteiger partial charge in [-0.1, -0.05) is 12.1 Å². The van der Waals surface area contributed by atoms with Gasteiger partial charge in [0.2, 0.25) is 11.9 Å². The number of benzene rings is 1. The van der Waals surface area contributed by atoms with E-state index in [2.05, 4.69) is 35.3 Å². The number of hydrogen-bond acceptors (Lipinski definition) is 7. The van der Waals surface area contributed by atoms with E-state index in [1.807, 2.05) is 36.2 Å². The molecule has 0 bridgehead atoms. The van der Waals surface area contributed by atoms with Gasteiger partial charge in [0.25, 0.3) is 0 Å². The van der Waals surface area contributed by atoms with Crippen molar-refractivity contribution >= 4 is 28.6 Å². The smallest absolute Gasteiger partial charge is 0.347 e. The minimum Gasteiger partial charge on any atom is -0.347 e. The van der Waals surface area contributed by atoms with Crippen LogP contribution in [0.1, 0.15) is 11.4 Å². The highest BCUT2D eigenvalue weighted by atomic mass is 19.4. The number of likely N-dealkylation sites (N-methyl/N-ethyl adjacent to an activating group) is 1. The van der Waals surface area contributed by atoms with Crippen LogP contribution >= 0.6 is 0 Å². The molecule has 3 aromatic heterocycles. The molecular formula is C19H20F3N9. The van der Waals surface area contributed by atoms with Crippen LogP contribution in [0, 0.1) is 0 Å². The lowest BCUT2D eigenvalue weighted by Gasteiger charge is -2.32. The minimum atomic E-state index is -4.56. The molecule has 4 aromatic rings. The molecule has 1 aliphatic rings. The zero-order valence-electron chi connectivity index (χ0n) is 16.7. The van der Waals surface area contributed by atoms with Crippen molar-refractivity contribution in [3.8, 4) is 0 Å². The zero-order valence-corrected chi connectivity index (χ0v) is 16.7. The number of nitrogens with zero attached hydrogens (tertiary/aromatic N) is 7. The number of alkyl halides is 3. The van der Waals surface area contributed by atoms with E-state index in [0.29, 0.717) is 18.9 Å². The van der Waals surface area contributed by atoms with Crippen molar-refractivity contribution in [3.05, 3.63) is 41.9 Å². The number of H-pyrrole nitrogens is 1. The summed E-state index contributed by atoms with van der Waals surface area (Å²) in [5.41, 5.74) is 0.521. The topological polar surface area (TPSA) is 90.3 Å². The van der Waals surface area contributed by atoms with Gasteiger partial charge in [-0.3, -0.25) is 0 Å². The van der Waals surface area contributed by atoms with Gasteiger partial charge in [0.1, 0.15) is 11.4 Å². The summed E-state index contributed by atoms with van der Waals surface area (Å²) in [5, 5.41) is 6.96. The van der Waals surface area contributed by atoms with E-state index >= 15 is 0 Å². The quantitative estimate of drug-likeness (QED) is 0.513. The second-order valence-electron chi connectivity index (χ2n) is 7.48. The third-order valence-corrected chi connectivity index (χ3v) is 5.30. The molecular weight excluding hydrogens is 411 g/mol. The molecule has 1 fully saturated rings. The van der Waals surface area contributed by atoms with Gasteiger partial charge in [-0.2, -0.15) is 32.8 Å². The number of para-hydroxylation sites is 2. The Morgan fingerprint density at radius 2 is 1.84 bits per heavy atom. The van der Waals surface area contributed by atoms with Gasteiger partial charge in [0.15, 0.2) is 5.65 Å². The first-order valence-electron chi connectivity index (χ1n) is 9.82. The molecule has 9 nitrogen and oxygen atoms in total. The number of fused-ring (bicyclic) bond motifs is 2. The Morgan fingerprint density at radius 3 is 2.58 bits per heavy atom. The van der Waals surface area contributed by atoms with Crippen LogP contribution in [0.15, 0.2) is 30.5 Å². The highest BCUT2D eigenvalue weighted by molar-refractivity contribution is 5.74. The standard InChI is InChI=1S/C19H20F3N9/c1-29-6-8-30(9-7-29)18-27-16-12(19(20,21)22)10-24-31(16)17(28-18)23-11-15-25-13-4-2-3-5-14(13)26-15/h2-5,10H,6-9,11H2,1H3,(H,25,26)(H,23,27,28). The number of piperazine rings is 1. The molecule has 1 aromatic carbocycles. The average Bonchev–Trinajstić information content (AvgIpc) is 3.36. The molecule has 0 amide bonds. The number of halogens is 3. The fraction of sp³-hybridized carbons (Fsp3) is 0.368. The third kappa shape index (κ3) is 3.74. The average molecular weight is 431 g/mol. The molecule has 0 saturated carbocycles. The summed E-state index contributed by atoms with van der Waals surface area (Å²) >= 11 is 0. The first-order chi connectivity index (χ1) is 14.9. The van der Waals surface area contributed by atoms with Gasteiger partial charge < -0.3 is 20.1 Å². The van der Waals surface area contributed by atoms with Gasteiger partial charge in [-0.15, -0.1) is 0 Å². The van der Waals surface area contributed by atoms with Gasteiger partial charge in [0, 0.05) is 26.2 Å². The first-order valence-corrected chi connectivity index (χ1v) is 9.82. The summed E-state index contributed by atoms with van der Waals surface area (Å²) in [6, 6.07) is 7.58. The van der Waals surface area contributed by atoms with Crippen molar-refractivity contribution in [2.45, 2.75) is 12.7 Å². The van der Waals surface area contributed by atoms with Crippen LogP contribution in [-0.4, -0.2) is 67.7 Å². The Kier molecular flexibility index (Phi) is 4.65. The van der Waals surface area contributed by atoms with Crippen LogP contribution in [0.25, 0.3) is 16.7 Å². The van der Waals surface area contributed by atoms with E-state index < -0.39 is 11.7 Å². The van der Waals surface area contributed by atoms with E-state index in [-0.39, 0.29) is 24.1 Å². The van der Waals surface area contributed by atoms with Crippen LogP contribution in [-0.2, 0) is 12.7 Å². The largest absolute Gasteiger partial charge is 0.421 e. The fourth-order valence-corrected chi connectivity index (χ4v) is 3.58. The van der Waals surface area contributed by atoms with Crippen LogP contribution in [0.3, 0.4) is 0 Å².